The summed E-state index contributed by atoms with van der Waals surface area (Å²) in [7, 11) is 0. The molecule has 27 heavy (non-hydrogen) atoms. The zero-order chi connectivity index (χ0) is 18.8. The minimum absolute atomic E-state index is 0.334. The lowest BCUT2D eigenvalue weighted by Crippen LogP contribution is -2.45. The SMILES string of the molecule is CC(C)c1ccc2c(c1)OC1(O)c3cccc(N4CCOCC4)c3CC21O. The predicted molar refractivity (Wildman–Crippen MR) is 102 cm³/mol. The second-order valence-corrected chi connectivity index (χ2v) is 8.10. The average molecular weight is 367 g/mol. The van der Waals surface area contributed by atoms with Crippen LogP contribution in [-0.4, -0.2) is 36.5 Å². The molecule has 0 radical (unpaired) electrons. The Morgan fingerprint density at radius 1 is 1.04 bits per heavy atom. The first-order chi connectivity index (χ1) is 12.9. The van der Waals surface area contributed by atoms with Crippen molar-refractivity contribution in [2.75, 3.05) is 31.2 Å². The first-order valence-corrected chi connectivity index (χ1v) is 9.67. The first kappa shape index (κ1) is 17.0. The van der Waals surface area contributed by atoms with Gasteiger partial charge in [0.25, 0.3) is 5.79 Å². The van der Waals surface area contributed by atoms with Crippen LogP contribution >= 0.6 is 0 Å². The van der Waals surface area contributed by atoms with Crippen LogP contribution in [0.4, 0.5) is 5.69 Å². The molecule has 2 aromatic rings. The molecule has 5 rings (SSSR count). The number of benzene rings is 2. The predicted octanol–water partition coefficient (Wildman–Crippen LogP) is 2.63. The van der Waals surface area contributed by atoms with Crippen molar-refractivity contribution >= 4 is 5.69 Å². The third-order valence-corrected chi connectivity index (χ3v) is 6.24. The Hall–Kier alpha value is -2.08. The smallest absolute Gasteiger partial charge is 0.269 e. The Labute approximate surface area is 159 Å². The van der Waals surface area contributed by atoms with Crippen molar-refractivity contribution in [1.82, 2.24) is 0 Å². The molecule has 0 aromatic heterocycles. The fourth-order valence-electron chi connectivity index (χ4n) is 4.68. The fourth-order valence-corrected chi connectivity index (χ4v) is 4.68. The molecular weight excluding hydrogens is 342 g/mol. The topological polar surface area (TPSA) is 62.2 Å². The number of rotatable bonds is 2. The van der Waals surface area contributed by atoms with Crippen LogP contribution < -0.4 is 9.64 Å². The Balaban J connectivity index is 1.60. The van der Waals surface area contributed by atoms with Crippen LogP contribution in [-0.2, 0) is 22.5 Å². The standard InChI is InChI=1S/C22H25NO4/c1-14(2)15-6-7-18-20(12-15)27-22(25)17-4-3-5-19(16(17)13-21(18,22)24)23-8-10-26-11-9-23/h3-7,12,14,24-25H,8-11,13H2,1-2H3. The van der Waals surface area contributed by atoms with Gasteiger partial charge in [-0.15, -0.1) is 0 Å². The lowest BCUT2D eigenvalue weighted by Gasteiger charge is -2.31. The van der Waals surface area contributed by atoms with Crippen LogP contribution in [0.15, 0.2) is 36.4 Å². The van der Waals surface area contributed by atoms with E-state index >= 15 is 0 Å². The number of hydrogen-bond donors (Lipinski definition) is 2. The van der Waals surface area contributed by atoms with E-state index in [1.54, 1.807) is 0 Å². The summed E-state index contributed by atoms with van der Waals surface area (Å²) in [6.45, 7) is 7.23. The maximum absolute atomic E-state index is 11.6. The van der Waals surface area contributed by atoms with Crippen molar-refractivity contribution in [1.29, 1.82) is 0 Å². The van der Waals surface area contributed by atoms with Gasteiger partial charge in [-0.1, -0.05) is 38.1 Å². The van der Waals surface area contributed by atoms with Crippen LogP contribution in [0, 0.1) is 0 Å². The Kier molecular flexibility index (Phi) is 3.60. The number of anilines is 1. The molecule has 2 atom stereocenters. The van der Waals surface area contributed by atoms with Crippen LogP contribution in [0.5, 0.6) is 5.75 Å². The van der Waals surface area contributed by atoms with E-state index in [2.05, 4.69) is 24.8 Å². The molecule has 3 aliphatic rings. The largest absolute Gasteiger partial charge is 0.454 e. The summed E-state index contributed by atoms with van der Waals surface area (Å²) in [5, 5.41) is 23.1. The zero-order valence-electron chi connectivity index (χ0n) is 15.7. The molecule has 2 N–H and O–H groups in total. The Morgan fingerprint density at radius 2 is 1.81 bits per heavy atom. The summed E-state index contributed by atoms with van der Waals surface area (Å²) in [5.74, 6) is -0.819. The van der Waals surface area contributed by atoms with Crippen molar-refractivity contribution in [2.45, 2.75) is 37.6 Å². The van der Waals surface area contributed by atoms with E-state index < -0.39 is 11.4 Å². The van der Waals surface area contributed by atoms with Gasteiger partial charge in [-0.25, -0.2) is 0 Å². The summed E-state index contributed by atoms with van der Waals surface area (Å²) in [5.41, 5.74) is 3.00. The Bertz CT molecular complexity index is 905. The number of aliphatic hydroxyl groups is 2. The van der Waals surface area contributed by atoms with E-state index in [4.69, 9.17) is 9.47 Å². The summed E-state index contributed by atoms with van der Waals surface area (Å²) in [6.07, 6.45) is 0.334. The van der Waals surface area contributed by atoms with Gasteiger partial charge in [0.2, 0.25) is 0 Å². The van der Waals surface area contributed by atoms with Gasteiger partial charge in [-0.2, -0.15) is 0 Å². The normalized spacial score (nSPS) is 28.7. The number of nitrogens with zero attached hydrogens (tertiary/aromatic N) is 1. The molecule has 2 unspecified atom stereocenters. The van der Waals surface area contributed by atoms with Crippen LogP contribution in [0.3, 0.4) is 0 Å². The summed E-state index contributed by atoms with van der Waals surface area (Å²) in [4.78, 5) is 2.26. The first-order valence-electron chi connectivity index (χ1n) is 9.67. The minimum Gasteiger partial charge on any atom is -0.454 e. The van der Waals surface area contributed by atoms with Crippen LogP contribution in [0.2, 0.25) is 0 Å². The van der Waals surface area contributed by atoms with Crippen molar-refractivity contribution in [3.8, 4) is 5.75 Å². The maximum Gasteiger partial charge on any atom is 0.269 e. The maximum atomic E-state index is 11.6. The molecule has 0 spiro atoms. The molecule has 142 valence electrons. The summed E-state index contributed by atoms with van der Waals surface area (Å²) >= 11 is 0. The molecule has 2 heterocycles. The van der Waals surface area contributed by atoms with E-state index in [1.807, 2.05) is 30.3 Å². The molecular formula is C22H25NO4. The highest BCUT2D eigenvalue weighted by Gasteiger charge is 2.65. The van der Waals surface area contributed by atoms with Gasteiger partial charge in [0.1, 0.15) is 5.75 Å². The third-order valence-electron chi connectivity index (χ3n) is 6.24. The summed E-state index contributed by atoms with van der Waals surface area (Å²) < 4.78 is 11.5. The van der Waals surface area contributed by atoms with E-state index in [-0.39, 0.29) is 0 Å². The molecule has 0 amide bonds. The van der Waals surface area contributed by atoms with Gasteiger partial charge < -0.3 is 24.6 Å². The second-order valence-electron chi connectivity index (χ2n) is 8.10. The number of fused-ring (bicyclic) bond motifs is 5. The molecule has 5 nitrogen and oxygen atoms in total. The second kappa shape index (κ2) is 5.71. The Morgan fingerprint density at radius 3 is 2.56 bits per heavy atom. The molecule has 1 fully saturated rings. The monoisotopic (exact) mass is 367 g/mol. The van der Waals surface area contributed by atoms with Gasteiger partial charge in [0.05, 0.1) is 13.2 Å². The van der Waals surface area contributed by atoms with Crippen molar-refractivity contribution in [2.24, 2.45) is 0 Å². The van der Waals surface area contributed by atoms with Crippen molar-refractivity contribution < 1.29 is 19.7 Å². The molecule has 1 saturated heterocycles. The minimum atomic E-state index is -1.75. The lowest BCUT2D eigenvalue weighted by atomic mass is 9.87. The molecule has 2 aromatic carbocycles. The average Bonchev–Trinajstić information content (AvgIpc) is 3.03. The third kappa shape index (κ3) is 2.22. The quantitative estimate of drug-likeness (QED) is 0.854. The van der Waals surface area contributed by atoms with Gasteiger partial charge in [-0.05, 0) is 29.2 Å². The van der Waals surface area contributed by atoms with E-state index in [0.29, 0.717) is 42.4 Å². The van der Waals surface area contributed by atoms with Crippen molar-refractivity contribution in [3.05, 3.63) is 58.7 Å². The van der Waals surface area contributed by atoms with E-state index in [0.717, 1.165) is 29.9 Å². The molecule has 0 saturated carbocycles. The molecule has 1 aliphatic carbocycles. The highest BCUT2D eigenvalue weighted by atomic mass is 16.7. The van der Waals surface area contributed by atoms with Gasteiger partial charge in [0.15, 0.2) is 5.60 Å². The van der Waals surface area contributed by atoms with Gasteiger partial charge in [0, 0.05) is 36.3 Å². The number of morpholine rings is 1. The van der Waals surface area contributed by atoms with Crippen LogP contribution in [0.25, 0.3) is 0 Å². The number of ether oxygens (including phenoxy) is 2. The van der Waals surface area contributed by atoms with E-state index in [9.17, 15) is 10.2 Å². The van der Waals surface area contributed by atoms with E-state index in [1.165, 1.54) is 0 Å². The summed E-state index contributed by atoms with van der Waals surface area (Å²) in [6, 6.07) is 11.7. The highest BCUT2D eigenvalue weighted by Crippen LogP contribution is 2.59. The van der Waals surface area contributed by atoms with Crippen LogP contribution in [0.1, 0.15) is 42.0 Å². The fraction of sp³-hybridized carbons (Fsp3) is 0.455. The molecule has 5 heteroatoms. The van der Waals surface area contributed by atoms with Gasteiger partial charge in [-0.3, -0.25) is 0 Å². The molecule has 0 bridgehead atoms. The molecule has 2 aliphatic heterocycles. The van der Waals surface area contributed by atoms with Gasteiger partial charge >= 0.3 is 0 Å². The number of hydrogen-bond acceptors (Lipinski definition) is 5. The van der Waals surface area contributed by atoms with Crippen molar-refractivity contribution in [3.63, 3.8) is 0 Å². The zero-order valence-corrected chi connectivity index (χ0v) is 15.7. The lowest BCUT2D eigenvalue weighted by molar-refractivity contribution is -0.242. The highest BCUT2D eigenvalue weighted by molar-refractivity contribution is 5.65.